The lowest BCUT2D eigenvalue weighted by atomic mass is 10.1. The van der Waals surface area contributed by atoms with Gasteiger partial charge in [-0.15, -0.1) is 0 Å². The molecule has 2 rings (SSSR count). The molecule has 0 aromatic rings. The average molecular weight is 265 g/mol. The highest BCUT2D eigenvalue weighted by molar-refractivity contribution is 5.88. The second-order valence-corrected chi connectivity index (χ2v) is 5.15. The molecule has 104 valence electrons. The monoisotopic (exact) mass is 265 g/mol. The Balaban J connectivity index is 1.75. The van der Waals surface area contributed by atoms with Crippen LogP contribution in [0, 0.1) is 16.7 Å². The van der Waals surface area contributed by atoms with Crippen LogP contribution < -0.4 is 0 Å². The Morgan fingerprint density at radius 2 is 1.89 bits per heavy atom. The summed E-state index contributed by atoms with van der Waals surface area (Å²) in [5, 5.41) is 9.02. The van der Waals surface area contributed by atoms with Gasteiger partial charge in [0.05, 0.1) is 19.6 Å². The van der Waals surface area contributed by atoms with E-state index in [1.807, 2.05) is 0 Å². The minimum absolute atomic E-state index is 0.0115. The lowest BCUT2D eigenvalue weighted by Gasteiger charge is -2.35. The average Bonchev–Trinajstić information content (AvgIpc) is 3.25. The summed E-state index contributed by atoms with van der Waals surface area (Å²) in [5.74, 6) is -0.220. The Hall–Kier alpha value is -1.61. The number of methoxy groups -OCH3 is 1. The molecule has 0 spiro atoms. The van der Waals surface area contributed by atoms with Crippen LogP contribution in [0.1, 0.15) is 19.3 Å². The zero-order chi connectivity index (χ0) is 13.9. The van der Waals surface area contributed by atoms with Crippen molar-refractivity contribution in [3.63, 3.8) is 0 Å². The molecule has 0 aromatic heterocycles. The first kappa shape index (κ1) is 13.8. The number of nitriles is 1. The van der Waals surface area contributed by atoms with Gasteiger partial charge in [0.25, 0.3) is 0 Å². The van der Waals surface area contributed by atoms with Crippen molar-refractivity contribution in [2.75, 3.05) is 39.8 Å². The molecule has 1 saturated heterocycles. The molecule has 0 bridgehead atoms. The van der Waals surface area contributed by atoms with Crippen molar-refractivity contribution in [3.05, 3.63) is 0 Å². The van der Waals surface area contributed by atoms with Crippen molar-refractivity contribution >= 4 is 11.9 Å². The third-order valence-electron chi connectivity index (χ3n) is 3.89. The highest BCUT2D eigenvalue weighted by Crippen LogP contribution is 2.46. The SMILES string of the molecule is COC(=O)CCN1CCN(C(=O)C2(C#N)CC2)CC1. The van der Waals surface area contributed by atoms with E-state index in [2.05, 4.69) is 15.7 Å². The summed E-state index contributed by atoms with van der Waals surface area (Å²) >= 11 is 0. The molecule has 1 amide bonds. The van der Waals surface area contributed by atoms with Gasteiger partial charge in [0.2, 0.25) is 5.91 Å². The molecule has 0 unspecified atom stereocenters. The van der Waals surface area contributed by atoms with Crippen LogP contribution in [-0.4, -0.2) is 61.5 Å². The molecular weight excluding hydrogens is 246 g/mol. The van der Waals surface area contributed by atoms with Gasteiger partial charge in [-0.3, -0.25) is 14.5 Å². The first-order chi connectivity index (χ1) is 9.11. The standard InChI is InChI=1S/C13H19N3O3/c1-19-11(17)2-5-15-6-8-16(9-7-15)12(18)13(10-14)3-4-13/h2-9H2,1H3. The van der Waals surface area contributed by atoms with E-state index < -0.39 is 5.41 Å². The fraction of sp³-hybridized carbons (Fsp3) is 0.769. The van der Waals surface area contributed by atoms with Gasteiger partial charge >= 0.3 is 5.97 Å². The highest BCUT2D eigenvalue weighted by atomic mass is 16.5. The predicted octanol–water partition coefficient (Wildman–Crippen LogP) is -0.00252. The van der Waals surface area contributed by atoms with E-state index in [4.69, 9.17) is 5.26 Å². The van der Waals surface area contributed by atoms with Gasteiger partial charge < -0.3 is 9.64 Å². The van der Waals surface area contributed by atoms with Crippen LogP contribution >= 0.6 is 0 Å². The Labute approximate surface area is 112 Å². The maximum Gasteiger partial charge on any atom is 0.306 e. The first-order valence-electron chi connectivity index (χ1n) is 6.61. The number of amides is 1. The van der Waals surface area contributed by atoms with Crippen LogP contribution in [0.15, 0.2) is 0 Å². The third-order valence-corrected chi connectivity index (χ3v) is 3.89. The predicted molar refractivity (Wildman–Crippen MR) is 66.9 cm³/mol. The summed E-state index contributed by atoms with van der Waals surface area (Å²) in [5.41, 5.74) is -0.714. The largest absolute Gasteiger partial charge is 0.469 e. The Bertz CT molecular complexity index is 404. The van der Waals surface area contributed by atoms with Crippen molar-refractivity contribution in [2.24, 2.45) is 5.41 Å². The van der Waals surface area contributed by atoms with Gasteiger partial charge in [0.1, 0.15) is 5.41 Å². The van der Waals surface area contributed by atoms with E-state index in [1.54, 1.807) is 4.90 Å². The maximum atomic E-state index is 12.1. The lowest BCUT2D eigenvalue weighted by molar-refractivity contribution is -0.142. The smallest absolute Gasteiger partial charge is 0.306 e. The molecule has 1 saturated carbocycles. The number of carbonyl (C=O) groups is 2. The minimum Gasteiger partial charge on any atom is -0.469 e. The van der Waals surface area contributed by atoms with E-state index in [1.165, 1.54) is 7.11 Å². The molecule has 0 atom stereocenters. The van der Waals surface area contributed by atoms with Crippen LogP contribution in [-0.2, 0) is 14.3 Å². The number of esters is 1. The van der Waals surface area contributed by atoms with Crippen LogP contribution in [0.5, 0.6) is 0 Å². The Morgan fingerprint density at radius 1 is 1.26 bits per heavy atom. The number of carbonyl (C=O) groups excluding carboxylic acids is 2. The Morgan fingerprint density at radius 3 is 2.37 bits per heavy atom. The molecule has 6 heteroatoms. The number of piperazine rings is 1. The number of nitrogens with zero attached hydrogens (tertiary/aromatic N) is 3. The van der Waals surface area contributed by atoms with Crippen molar-refractivity contribution in [1.29, 1.82) is 5.26 Å². The quantitative estimate of drug-likeness (QED) is 0.669. The molecule has 2 aliphatic rings. The van der Waals surface area contributed by atoms with Crippen LogP contribution in [0.25, 0.3) is 0 Å². The van der Waals surface area contributed by atoms with Gasteiger partial charge in [0.15, 0.2) is 0 Å². The van der Waals surface area contributed by atoms with Crippen molar-refractivity contribution < 1.29 is 14.3 Å². The third kappa shape index (κ3) is 3.04. The molecule has 0 N–H and O–H groups in total. The normalized spacial score (nSPS) is 21.6. The topological polar surface area (TPSA) is 73.6 Å². The molecule has 1 heterocycles. The fourth-order valence-electron chi connectivity index (χ4n) is 2.33. The Kier molecular flexibility index (Phi) is 4.05. The second kappa shape index (κ2) is 5.57. The van der Waals surface area contributed by atoms with E-state index >= 15 is 0 Å². The van der Waals surface area contributed by atoms with Crippen molar-refractivity contribution in [2.45, 2.75) is 19.3 Å². The minimum atomic E-state index is -0.714. The summed E-state index contributed by atoms with van der Waals surface area (Å²) < 4.78 is 4.60. The summed E-state index contributed by atoms with van der Waals surface area (Å²) in [4.78, 5) is 27.1. The van der Waals surface area contributed by atoms with Gasteiger partial charge in [-0.2, -0.15) is 5.26 Å². The molecule has 1 aliphatic heterocycles. The van der Waals surface area contributed by atoms with E-state index in [-0.39, 0.29) is 11.9 Å². The number of hydrogen-bond acceptors (Lipinski definition) is 5. The van der Waals surface area contributed by atoms with Crippen LogP contribution in [0.2, 0.25) is 0 Å². The number of rotatable bonds is 4. The molecule has 0 radical (unpaired) electrons. The fourth-order valence-corrected chi connectivity index (χ4v) is 2.33. The number of hydrogen-bond donors (Lipinski definition) is 0. The second-order valence-electron chi connectivity index (χ2n) is 5.15. The molecule has 0 aromatic carbocycles. The maximum absolute atomic E-state index is 12.1. The summed E-state index contributed by atoms with van der Waals surface area (Å²) in [7, 11) is 1.38. The number of ether oxygens (including phenoxy) is 1. The molecule has 1 aliphatic carbocycles. The van der Waals surface area contributed by atoms with Gasteiger partial charge in [-0.1, -0.05) is 0 Å². The molecule has 6 nitrogen and oxygen atoms in total. The van der Waals surface area contributed by atoms with Crippen LogP contribution in [0.4, 0.5) is 0 Å². The van der Waals surface area contributed by atoms with Crippen LogP contribution in [0.3, 0.4) is 0 Å². The van der Waals surface area contributed by atoms with E-state index in [9.17, 15) is 9.59 Å². The van der Waals surface area contributed by atoms with Crippen molar-refractivity contribution in [1.82, 2.24) is 9.80 Å². The van der Waals surface area contributed by atoms with Gasteiger partial charge in [-0.25, -0.2) is 0 Å². The zero-order valence-corrected chi connectivity index (χ0v) is 11.2. The molecular formula is C13H19N3O3. The highest BCUT2D eigenvalue weighted by Gasteiger charge is 2.52. The van der Waals surface area contributed by atoms with Gasteiger partial charge in [0, 0.05) is 32.7 Å². The molecule has 2 fully saturated rings. The molecule has 19 heavy (non-hydrogen) atoms. The van der Waals surface area contributed by atoms with Crippen molar-refractivity contribution in [3.8, 4) is 6.07 Å². The summed E-state index contributed by atoms with van der Waals surface area (Å²) in [6.45, 7) is 3.46. The summed E-state index contributed by atoms with van der Waals surface area (Å²) in [6, 6.07) is 2.14. The zero-order valence-electron chi connectivity index (χ0n) is 11.2. The van der Waals surface area contributed by atoms with E-state index in [0.29, 0.717) is 38.9 Å². The summed E-state index contributed by atoms with van der Waals surface area (Å²) in [6.07, 6.45) is 1.78. The first-order valence-corrected chi connectivity index (χ1v) is 6.61. The lowest BCUT2D eigenvalue weighted by Crippen LogP contribution is -2.50. The van der Waals surface area contributed by atoms with E-state index in [0.717, 1.165) is 13.1 Å². The van der Waals surface area contributed by atoms with Gasteiger partial charge in [-0.05, 0) is 12.8 Å².